The fraction of sp³-hybridized carbons (Fsp3) is 0.150. The van der Waals surface area contributed by atoms with E-state index >= 15 is 0 Å². The highest BCUT2D eigenvalue weighted by Crippen LogP contribution is 2.16. The van der Waals surface area contributed by atoms with Crippen molar-refractivity contribution in [1.29, 1.82) is 0 Å². The molecule has 0 aliphatic heterocycles. The first-order valence-corrected chi connectivity index (χ1v) is 8.81. The molecule has 2 aromatic carbocycles. The maximum absolute atomic E-state index is 13.7. The molecule has 4 aromatic rings. The van der Waals surface area contributed by atoms with Gasteiger partial charge in [-0.2, -0.15) is 0 Å². The number of rotatable bonds is 4. The Labute approximate surface area is 162 Å². The highest BCUT2D eigenvalue weighted by atomic mass is 19.2. The molecule has 0 atom stereocenters. The van der Waals surface area contributed by atoms with Crippen LogP contribution in [0, 0.1) is 17.5 Å². The minimum absolute atomic E-state index is 0.0357. The molecule has 9 heteroatoms. The van der Waals surface area contributed by atoms with Crippen molar-refractivity contribution in [1.82, 2.24) is 18.7 Å². The molecule has 0 saturated heterocycles. The van der Waals surface area contributed by atoms with Crippen molar-refractivity contribution < 1.29 is 13.2 Å². The van der Waals surface area contributed by atoms with Crippen LogP contribution in [0.1, 0.15) is 12.5 Å². The third-order valence-corrected chi connectivity index (χ3v) is 4.62. The Bertz CT molecular complexity index is 1350. The molecule has 0 N–H and O–H groups in total. The summed E-state index contributed by atoms with van der Waals surface area (Å²) in [5, 5.41) is 0. The highest BCUT2D eigenvalue weighted by Gasteiger charge is 2.19. The van der Waals surface area contributed by atoms with Crippen LogP contribution >= 0.6 is 0 Å². The van der Waals surface area contributed by atoms with E-state index < -0.39 is 28.7 Å². The van der Waals surface area contributed by atoms with Gasteiger partial charge in [-0.05, 0) is 42.8 Å². The fourth-order valence-electron chi connectivity index (χ4n) is 3.26. The average Bonchev–Trinajstić information content (AvgIpc) is 3.09. The first-order valence-electron chi connectivity index (χ1n) is 8.81. The maximum Gasteiger partial charge on any atom is 0.337 e. The van der Waals surface area contributed by atoms with Crippen molar-refractivity contribution in [3.05, 3.63) is 92.6 Å². The molecule has 0 fully saturated rings. The van der Waals surface area contributed by atoms with Crippen LogP contribution in [0.5, 0.6) is 0 Å². The first-order chi connectivity index (χ1) is 13.9. The van der Waals surface area contributed by atoms with E-state index in [1.54, 1.807) is 6.92 Å². The third kappa shape index (κ3) is 3.14. The van der Waals surface area contributed by atoms with E-state index in [0.717, 1.165) is 21.3 Å². The van der Waals surface area contributed by atoms with Crippen LogP contribution in [-0.2, 0) is 13.1 Å². The summed E-state index contributed by atoms with van der Waals surface area (Å²) in [6.45, 7) is 1.77. The number of aromatic nitrogens is 4. The molecule has 2 heterocycles. The van der Waals surface area contributed by atoms with Gasteiger partial charge in [0, 0.05) is 13.1 Å². The van der Waals surface area contributed by atoms with Gasteiger partial charge < -0.3 is 4.57 Å². The van der Waals surface area contributed by atoms with Gasteiger partial charge in [0.05, 0.1) is 12.0 Å². The predicted octanol–water partition coefficient (Wildman–Crippen LogP) is 2.83. The van der Waals surface area contributed by atoms with Gasteiger partial charge in [-0.25, -0.2) is 27.5 Å². The van der Waals surface area contributed by atoms with Crippen molar-refractivity contribution in [2.75, 3.05) is 0 Å². The van der Waals surface area contributed by atoms with E-state index in [9.17, 15) is 22.8 Å². The van der Waals surface area contributed by atoms with E-state index in [1.807, 2.05) is 0 Å². The Morgan fingerprint density at radius 1 is 1.00 bits per heavy atom. The van der Waals surface area contributed by atoms with Crippen LogP contribution in [0.2, 0.25) is 0 Å². The van der Waals surface area contributed by atoms with Gasteiger partial charge in [0.15, 0.2) is 22.8 Å². The Balaban J connectivity index is 1.98. The zero-order valence-electron chi connectivity index (χ0n) is 15.3. The minimum Gasteiger partial charge on any atom is -0.320 e. The van der Waals surface area contributed by atoms with Gasteiger partial charge in [0.25, 0.3) is 5.56 Å². The fourth-order valence-corrected chi connectivity index (χ4v) is 3.26. The van der Waals surface area contributed by atoms with Gasteiger partial charge >= 0.3 is 5.69 Å². The summed E-state index contributed by atoms with van der Waals surface area (Å²) in [7, 11) is 0. The quantitative estimate of drug-likeness (QED) is 0.529. The lowest BCUT2D eigenvalue weighted by atomic mass is 10.2. The van der Waals surface area contributed by atoms with Crippen molar-refractivity contribution >= 4 is 11.2 Å². The van der Waals surface area contributed by atoms with Crippen LogP contribution in [0.15, 0.2) is 58.4 Å². The molecule has 148 valence electrons. The molecule has 29 heavy (non-hydrogen) atoms. The van der Waals surface area contributed by atoms with Crippen molar-refractivity contribution in [2.45, 2.75) is 20.0 Å². The topological polar surface area (TPSA) is 61.8 Å². The molecule has 2 aromatic heterocycles. The number of hydrogen-bond donors (Lipinski definition) is 0. The molecule has 4 rings (SSSR count). The summed E-state index contributed by atoms with van der Waals surface area (Å²) in [5.41, 5.74) is -0.429. The molecule has 0 bridgehead atoms. The van der Waals surface area contributed by atoms with Crippen molar-refractivity contribution in [3.8, 4) is 5.69 Å². The number of halogens is 3. The average molecular weight is 400 g/mol. The van der Waals surface area contributed by atoms with E-state index in [-0.39, 0.29) is 29.9 Å². The van der Waals surface area contributed by atoms with Gasteiger partial charge in [-0.15, -0.1) is 0 Å². The van der Waals surface area contributed by atoms with Crippen molar-refractivity contribution in [3.63, 3.8) is 0 Å². The maximum atomic E-state index is 13.7. The molecule has 0 spiro atoms. The lowest BCUT2D eigenvalue weighted by molar-refractivity contribution is 0.506. The third-order valence-electron chi connectivity index (χ3n) is 4.62. The Morgan fingerprint density at radius 2 is 1.79 bits per heavy atom. The molecule has 0 aliphatic rings. The zero-order valence-corrected chi connectivity index (χ0v) is 15.3. The lowest BCUT2D eigenvalue weighted by Gasteiger charge is -2.12. The standard InChI is InChI=1S/C20H15F3N4O2/c1-2-26-19(28)17-18(27(20(26)29)14-5-3-4-13(21)9-14)24-11-25(17)10-12-6-7-15(22)16(23)8-12/h3-9,11H,2,10H2,1H3. The van der Waals surface area contributed by atoms with Crippen LogP contribution in [0.25, 0.3) is 16.9 Å². The van der Waals surface area contributed by atoms with Crippen molar-refractivity contribution in [2.24, 2.45) is 0 Å². The number of imidazole rings is 1. The van der Waals surface area contributed by atoms with Crippen LogP contribution < -0.4 is 11.2 Å². The Kier molecular flexibility index (Phi) is 4.57. The molecule has 0 saturated carbocycles. The second-order valence-corrected chi connectivity index (χ2v) is 6.44. The van der Waals surface area contributed by atoms with E-state index in [2.05, 4.69) is 4.98 Å². The van der Waals surface area contributed by atoms with E-state index in [0.29, 0.717) is 5.56 Å². The van der Waals surface area contributed by atoms with Gasteiger partial charge in [0.1, 0.15) is 5.82 Å². The van der Waals surface area contributed by atoms with E-state index in [4.69, 9.17) is 0 Å². The van der Waals surface area contributed by atoms with E-state index in [1.165, 1.54) is 41.2 Å². The molecular formula is C20H15F3N4O2. The zero-order chi connectivity index (χ0) is 20.7. The molecule has 0 radical (unpaired) electrons. The number of nitrogens with zero attached hydrogens (tertiary/aromatic N) is 4. The van der Waals surface area contributed by atoms with Crippen LogP contribution in [0.4, 0.5) is 13.2 Å². The van der Waals surface area contributed by atoms with Gasteiger partial charge in [-0.1, -0.05) is 12.1 Å². The number of hydrogen-bond acceptors (Lipinski definition) is 3. The summed E-state index contributed by atoms with van der Waals surface area (Å²) in [6, 6.07) is 8.80. The minimum atomic E-state index is -1.01. The second kappa shape index (κ2) is 7.08. The SMILES string of the molecule is CCn1c(=O)c2c(ncn2Cc2ccc(F)c(F)c2)n(-c2cccc(F)c2)c1=O. The molecule has 0 aliphatic carbocycles. The molecule has 6 nitrogen and oxygen atoms in total. The molecule has 0 unspecified atom stereocenters. The summed E-state index contributed by atoms with van der Waals surface area (Å²) < 4.78 is 44.1. The first kappa shape index (κ1) is 18.7. The Hall–Kier alpha value is -3.62. The number of fused-ring (bicyclic) bond motifs is 1. The van der Waals surface area contributed by atoms with Crippen LogP contribution in [-0.4, -0.2) is 18.7 Å². The summed E-state index contributed by atoms with van der Waals surface area (Å²) in [6.07, 6.45) is 1.34. The highest BCUT2D eigenvalue weighted by molar-refractivity contribution is 5.72. The monoisotopic (exact) mass is 400 g/mol. The summed E-state index contributed by atoms with van der Waals surface area (Å²) in [5.74, 6) is -2.52. The smallest absolute Gasteiger partial charge is 0.320 e. The molecular weight excluding hydrogens is 385 g/mol. The van der Waals surface area contributed by atoms with Crippen LogP contribution in [0.3, 0.4) is 0 Å². The molecule has 0 amide bonds. The normalized spacial score (nSPS) is 11.3. The summed E-state index contributed by atoms with van der Waals surface area (Å²) in [4.78, 5) is 29.9. The van der Waals surface area contributed by atoms with Gasteiger partial charge in [-0.3, -0.25) is 9.36 Å². The predicted molar refractivity (Wildman–Crippen MR) is 101 cm³/mol. The van der Waals surface area contributed by atoms with Gasteiger partial charge in [0.2, 0.25) is 0 Å². The Morgan fingerprint density at radius 3 is 2.48 bits per heavy atom. The second-order valence-electron chi connectivity index (χ2n) is 6.44. The number of benzene rings is 2. The lowest BCUT2D eigenvalue weighted by Crippen LogP contribution is -2.39. The largest absolute Gasteiger partial charge is 0.337 e. The summed E-state index contributed by atoms with van der Waals surface area (Å²) >= 11 is 0.